The minimum Gasteiger partial charge on any atom is -0.495 e. The van der Waals surface area contributed by atoms with Crippen LogP contribution in [0.2, 0.25) is 5.02 Å². The number of methoxy groups -OCH3 is 1. The van der Waals surface area contributed by atoms with Crippen LogP contribution >= 0.6 is 11.6 Å². The van der Waals surface area contributed by atoms with Gasteiger partial charge in [-0.2, -0.15) is 9.78 Å². The standard InChI is InChI=1S/C27H28ClN5O5/c1-4-38-27(36)32-13-11-16(12-14-32)29-25(34)23-22-18-7-5-6-8-20(18)31(2)24(22)26(35)33(30-23)17-9-10-21(37-3)19(28)15-17/h5-10,15-16H,4,11-14H2,1-3H3,(H,29,34). The van der Waals surface area contributed by atoms with E-state index in [9.17, 15) is 14.4 Å². The zero-order valence-electron chi connectivity index (χ0n) is 21.4. The molecule has 0 unspecified atom stereocenters. The second-order valence-corrected chi connectivity index (χ2v) is 9.53. The molecule has 5 rings (SSSR count). The number of fused-ring (bicyclic) bond motifs is 3. The monoisotopic (exact) mass is 537 g/mol. The van der Waals surface area contributed by atoms with Gasteiger partial charge in [0.15, 0.2) is 5.69 Å². The molecule has 38 heavy (non-hydrogen) atoms. The van der Waals surface area contributed by atoms with Crippen molar-refractivity contribution in [2.24, 2.45) is 7.05 Å². The van der Waals surface area contributed by atoms with Crippen LogP contribution in [-0.4, -0.2) is 64.1 Å². The smallest absolute Gasteiger partial charge is 0.409 e. The Morgan fingerprint density at radius 3 is 2.58 bits per heavy atom. The Labute approximate surface area is 223 Å². The summed E-state index contributed by atoms with van der Waals surface area (Å²) < 4.78 is 13.3. The molecule has 1 aliphatic rings. The van der Waals surface area contributed by atoms with Gasteiger partial charge >= 0.3 is 6.09 Å². The quantitative estimate of drug-likeness (QED) is 0.414. The molecule has 0 saturated carbocycles. The number of carbonyl (C=O) groups excluding carboxylic acids is 2. The predicted molar refractivity (Wildman–Crippen MR) is 144 cm³/mol. The van der Waals surface area contributed by atoms with Gasteiger partial charge in [0.25, 0.3) is 11.5 Å². The lowest BCUT2D eigenvalue weighted by molar-refractivity contribution is 0.0857. The summed E-state index contributed by atoms with van der Waals surface area (Å²) in [7, 11) is 3.30. The molecule has 0 atom stereocenters. The van der Waals surface area contributed by atoms with E-state index in [-0.39, 0.29) is 23.4 Å². The van der Waals surface area contributed by atoms with Crippen molar-refractivity contribution >= 4 is 45.4 Å². The summed E-state index contributed by atoms with van der Waals surface area (Å²) in [6.07, 6.45) is 0.815. The number of ether oxygens (including phenoxy) is 2. The van der Waals surface area contributed by atoms with E-state index >= 15 is 0 Å². The number of hydrogen-bond donors (Lipinski definition) is 1. The number of carbonyl (C=O) groups is 2. The number of piperidine rings is 1. The zero-order valence-corrected chi connectivity index (χ0v) is 22.1. The third kappa shape index (κ3) is 4.45. The summed E-state index contributed by atoms with van der Waals surface area (Å²) in [5.74, 6) is 0.0653. The van der Waals surface area contributed by atoms with Crippen LogP contribution in [0.3, 0.4) is 0 Å². The van der Waals surface area contributed by atoms with Gasteiger partial charge < -0.3 is 24.3 Å². The van der Waals surface area contributed by atoms with Crippen molar-refractivity contribution in [3.05, 3.63) is 63.5 Å². The number of amides is 2. The maximum atomic E-state index is 13.7. The van der Waals surface area contributed by atoms with Crippen LogP contribution in [0.1, 0.15) is 30.3 Å². The number of nitrogens with one attached hydrogen (secondary N) is 1. The molecule has 2 aromatic carbocycles. The number of nitrogens with zero attached hydrogens (tertiary/aromatic N) is 4. The van der Waals surface area contributed by atoms with Gasteiger partial charge in [0.2, 0.25) is 0 Å². The van der Waals surface area contributed by atoms with Crippen LogP contribution in [0.25, 0.3) is 27.5 Å². The molecular weight excluding hydrogens is 510 g/mol. The Morgan fingerprint density at radius 1 is 1.16 bits per heavy atom. The van der Waals surface area contributed by atoms with Gasteiger partial charge in [-0.1, -0.05) is 29.8 Å². The van der Waals surface area contributed by atoms with Gasteiger partial charge in [0, 0.05) is 42.5 Å². The summed E-state index contributed by atoms with van der Waals surface area (Å²) in [5, 5.41) is 9.20. The van der Waals surface area contributed by atoms with Crippen LogP contribution in [0.15, 0.2) is 47.3 Å². The van der Waals surface area contributed by atoms with E-state index in [1.807, 2.05) is 24.3 Å². The minimum atomic E-state index is -0.394. The second kappa shape index (κ2) is 10.4. The molecule has 1 N–H and O–H groups in total. The van der Waals surface area contributed by atoms with Crippen molar-refractivity contribution in [3.8, 4) is 11.4 Å². The fourth-order valence-corrected chi connectivity index (χ4v) is 5.23. The van der Waals surface area contributed by atoms with Crippen molar-refractivity contribution in [1.82, 2.24) is 24.6 Å². The zero-order chi connectivity index (χ0) is 27.0. The van der Waals surface area contributed by atoms with Gasteiger partial charge in [-0.25, -0.2) is 4.79 Å². The number of rotatable bonds is 5. The molecule has 1 aliphatic heterocycles. The Kier molecular flexibility index (Phi) is 6.98. The summed E-state index contributed by atoms with van der Waals surface area (Å²) in [5.41, 5.74) is 1.33. The van der Waals surface area contributed by atoms with Gasteiger partial charge in [-0.3, -0.25) is 9.59 Å². The van der Waals surface area contributed by atoms with Crippen molar-refractivity contribution in [3.63, 3.8) is 0 Å². The Morgan fingerprint density at radius 2 is 1.89 bits per heavy atom. The number of hydrogen-bond acceptors (Lipinski definition) is 6. The lowest BCUT2D eigenvalue weighted by Crippen LogP contribution is -2.47. The highest BCUT2D eigenvalue weighted by Crippen LogP contribution is 2.30. The maximum Gasteiger partial charge on any atom is 0.409 e. The molecule has 0 radical (unpaired) electrons. The fraction of sp³-hybridized carbons (Fsp3) is 0.333. The van der Waals surface area contributed by atoms with Gasteiger partial charge in [-0.15, -0.1) is 0 Å². The topological polar surface area (TPSA) is 108 Å². The molecule has 1 fully saturated rings. The van der Waals surface area contributed by atoms with Crippen molar-refractivity contribution in [2.45, 2.75) is 25.8 Å². The Hall–Kier alpha value is -4.05. The lowest BCUT2D eigenvalue weighted by Gasteiger charge is -2.31. The van der Waals surface area contributed by atoms with Crippen molar-refractivity contribution in [2.75, 3.05) is 26.8 Å². The molecule has 198 valence electrons. The molecular formula is C27H28ClN5O5. The summed E-state index contributed by atoms with van der Waals surface area (Å²) in [6, 6.07) is 12.3. The van der Waals surface area contributed by atoms with Gasteiger partial charge in [0.1, 0.15) is 11.3 Å². The summed E-state index contributed by atoms with van der Waals surface area (Å²) in [6.45, 7) is 3.04. The SMILES string of the molecule is CCOC(=O)N1CCC(NC(=O)c2nn(-c3ccc(OC)c(Cl)c3)c(=O)c3c2c2ccccc2n3C)CC1. The molecule has 4 aromatic rings. The van der Waals surface area contributed by atoms with Gasteiger partial charge in [0.05, 0.1) is 24.4 Å². The number of para-hydroxylation sites is 1. The molecule has 3 heterocycles. The largest absolute Gasteiger partial charge is 0.495 e. The van der Waals surface area contributed by atoms with Crippen molar-refractivity contribution in [1.29, 1.82) is 0 Å². The minimum absolute atomic E-state index is 0.135. The molecule has 10 nitrogen and oxygen atoms in total. The maximum absolute atomic E-state index is 13.7. The highest BCUT2D eigenvalue weighted by Gasteiger charge is 2.28. The normalized spacial score (nSPS) is 14.2. The average Bonchev–Trinajstić information content (AvgIpc) is 3.22. The molecule has 0 aliphatic carbocycles. The van der Waals surface area contributed by atoms with Crippen LogP contribution in [0.5, 0.6) is 5.75 Å². The van der Waals surface area contributed by atoms with E-state index in [0.717, 1.165) is 10.9 Å². The average molecular weight is 538 g/mol. The Bertz CT molecular complexity index is 1600. The van der Waals surface area contributed by atoms with E-state index in [2.05, 4.69) is 10.4 Å². The molecule has 1 saturated heterocycles. The van der Waals surface area contributed by atoms with E-state index < -0.39 is 5.91 Å². The third-order valence-corrected chi connectivity index (χ3v) is 7.19. The highest BCUT2D eigenvalue weighted by molar-refractivity contribution is 6.32. The predicted octanol–water partition coefficient (Wildman–Crippen LogP) is 3.89. The van der Waals surface area contributed by atoms with Crippen LogP contribution in [-0.2, 0) is 11.8 Å². The number of likely N-dealkylation sites (tertiary alicyclic amines) is 1. The fourth-order valence-electron chi connectivity index (χ4n) is 4.97. The first kappa shape index (κ1) is 25.6. The number of halogens is 1. The molecule has 2 amide bonds. The summed E-state index contributed by atoms with van der Waals surface area (Å²) in [4.78, 5) is 41.1. The number of benzene rings is 2. The lowest BCUT2D eigenvalue weighted by atomic mass is 10.0. The first-order valence-corrected chi connectivity index (χ1v) is 12.8. The van der Waals surface area contributed by atoms with Gasteiger partial charge in [-0.05, 0) is 44.0 Å². The first-order valence-electron chi connectivity index (χ1n) is 12.4. The second-order valence-electron chi connectivity index (χ2n) is 9.12. The van der Waals surface area contributed by atoms with Crippen LogP contribution < -0.4 is 15.6 Å². The molecule has 2 aromatic heterocycles. The van der Waals surface area contributed by atoms with Crippen LogP contribution in [0.4, 0.5) is 4.79 Å². The highest BCUT2D eigenvalue weighted by atomic mass is 35.5. The van der Waals surface area contributed by atoms with Crippen LogP contribution in [0, 0.1) is 0 Å². The number of aryl methyl sites for hydroxylation is 1. The van der Waals surface area contributed by atoms with E-state index in [1.54, 1.807) is 41.6 Å². The number of aromatic nitrogens is 3. The van der Waals surface area contributed by atoms with E-state index in [0.29, 0.717) is 59.9 Å². The Balaban J connectivity index is 1.57. The first-order chi connectivity index (χ1) is 18.3. The summed E-state index contributed by atoms with van der Waals surface area (Å²) >= 11 is 6.34. The molecule has 0 spiro atoms. The molecule has 0 bridgehead atoms. The van der Waals surface area contributed by atoms with E-state index in [4.69, 9.17) is 21.1 Å². The van der Waals surface area contributed by atoms with E-state index in [1.165, 1.54) is 11.8 Å². The molecule has 11 heteroatoms. The van der Waals surface area contributed by atoms with Crippen molar-refractivity contribution < 1.29 is 19.1 Å². The third-order valence-electron chi connectivity index (χ3n) is 6.89.